The summed E-state index contributed by atoms with van der Waals surface area (Å²) in [6, 6.07) is 9.25. The Labute approximate surface area is 207 Å². The molecule has 3 rings (SSSR count). The highest BCUT2D eigenvalue weighted by Gasteiger charge is 2.16. The third kappa shape index (κ3) is 10.5. The number of hydrogen-bond donors (Lipinski definition) is 2. The molecule has 8 nitrogen and oxygen atoms in total. The maximum atomic E-state index is 12.0. The Kier molecular flexibility index (Phi) is 12.4. The van der Waals surface area contributed by atoms with Crippen LogP contribution in [0, 0.1) is 0 Å². The number of ether oxygens (including phenoxy) is 2. The number of hydrogen-bond acceptors (Lipinski definition) is 7. The van der Waals surface area contributed by atoms with Gasteiger partial charge in [0, 0.05) is 23.3 Å². The first-order valence-corrected chi connectivity index (χ1v) is 11.5. The van der Waals surface area contributed by atoms with Crippen LogP contribution in [0.3, 0.4) is 0 Å². The molecule has 0 unspecified atom stereocenters. The number of amides is 1. The monoisotopic (exact) mass is 487 g/mol. The van der Waals surface area contributed by atoms with Crippen LogP contribution in [0.4, 0.5) is 22.0 Å². The van der Waals surface area contributed by atoms with Crippen LogP contribution >= 0.6 is 11.6 Å². The number of nitrogens with one attached hydrogen (secondary N) is 2. The molecule has 1 amide bonds. The van der Waals surface area contributed by atoms with Gasteiger partial charge in [-0.15, -0.1) is 11.6 Å². The van der Waals surface area contributed by atoms with Crippen molar-refractivity contribution < 1.29 is 14.3 Å². The summed E-state index contributed by atoms with van der Waals surface area (Å²) in [6.07, 6.45) is 5.91. The second kappa shape index (κ2) is 14.7. The lowest BCUT2D eigenvalue weighted by Crippen LogP contribution is -2.27. The summed E-state index contributed by atoms with van der Waals surface area (Å²) in [4.78, 5) is 25.0. The van der Waals surface area contributed by atoms with E-state index in [0.717, 1.165) is 17.3 Å². The summed E-state index contributed by atoms with van der Waals surface area (Å²) in [5.74, 6) is 2.08. The number of nitrogens with zero attached hydrogens (tertiary/aromatic N) is 3. The first-order valence-electron chi connectivity index (χ1n) is 11.0. The van der Waals surface area contributed by atoms with Gasteiger partial charge in [0.25, 0.3) is 0 Å². The highest BCUT2D eigenvalue weighted by atomic mass is 35.5. The van der Waals surface area contributed by atoms with Crippen LogP contribution < -0.4 is 15.4 Å². The molecule has 0 spiro atoms. The van der Waals surface area contributed by atoms with Crippen molar-refractivity contribution in [2.75, 3.05) is 23.6 Å². The second-order valence-electron chi connectivity index (χ2n) is 7.50. The quantitative estimate of drug-likeness (QED) is 0.377. The lowest BCUT2D eigenvalue weighted by Gasteiger charge is -2.19. The Morgan fingerprint density at radius 3 is 2.21 bits per heavy atom. The van der Waals surface area contributed by atoms with Gasteiger partial charge >= 0.3 is 6.09 Å². The molecule has 3 aromatic rings. The van der Waals surface area contributed by atoms with Gasteiger partial charge in [0.2, 0.25) is 0 Å². The molecule has 1 aromatic carbocycles. The standard InChI is InChI=1S/C21H23N5O3.C2H5Cl.C2H6/c1-21(2,3)29-20(27)25-16-9-14(10-22-11-16)18-12-23-13-19(26-18)24-15-5-7-17(28-4)8-6-15;1-2-3;1-2/h5-13H,1-4H3,(H,24,26)(H,25,27);2H2,1H3;1-2H3. The second-order valence-corrected chi connectivity index (χ2v) is 8.03. The van der Waals surface area contributed by atoms with Crippen LogP contribution in [0.25, 0.3) is 11.3 Å². The molecule has 0 bridgehead atoms. The average molecular weight is 488 g/mol. The zero-order chi connectivity index (χ0) is 25.6. The summed E-state index contributed by atoms with van der Waals surface area (Å²) in [5, 5.41) is 5.87. The van der Waals surface area contributed by atoms with Crippen molar-refractivity contribution in [3.8, 4) is 17.0 Å². The molecule has 34 heavy (non-hydrogen) atoms. The van der Waals surface area contributed by atoms with Crippen molar-refractivity contribution in [2.45, 2.75) is 47.1 Å². The van der Waals surface area contributed by atoms with Gasteiger partial charge in [-0.3, -0.25) is 15.3 Å². The van der Waals surface area contributed by atoms with Gasteiger partial charge in [-0.1, -0.05) is 20.8 Å². The summed E-state index contributed by atoms with van der Waals surface area (Å²) in [6.45, 7) is 11.3. The molecular formula is C25H34ClN5O3. The lowest BCUT2D eigenvalue weighted by atomic mass is 10.2. The minimum Gasteiger partial charge on any atom is -0.497 e. The third-order valence-corrected chi connectivity index (χ3v) is 3.68. The summed E-state index contributed by atoms with van der Waals surface area (Å²) in [5.41, 5.74) is 2.11. The first kappa shape index (κ1) is 28.6. The fourth-order valence-electron chi connectivity index (χ4n) is 2.46. The Morgan fingerprint density at radius 1 is 1.00 bits per heavy atom. The van der Waals surface area contributed by atoms with Crippen molar-refractivity contribution in [1.29, 1.82) is 0 Å². The molecule has 0 radical (unpaired) electrons. The van der Waals surface area contributed by atoms with Crippen molar-refractivity contribution in [3.63, 3.8) is 0 Å². The molecule has 2 aromatic heterocycles. The SMILES string of the molecule is CC.CCCl.COc1ccc(Nc2cncc(-c3cncc(NC(=O)OC(C)(C)C)c3)n2)cc1. The van der Waals surface area contributed by atoms with Crippen molar-refractivity contribution in [2.24, 2.45) is 0 Å². The van der Waals surface area contributed by atoms with Crippen LogP contribution in [0.1, 0.15) is 41.5 Å². The van der Waals surface area contributed by atoms with E-state index >= 15 is 0 Å². The van der Waals surface area contributed by atoms with Gasteiger partial charge < -0.3 is 14.8 Å². The van der Waals surface area contributed by atoms with Crippen LogP contribution in [0.15, 0.2) is 55.1 Å². The maximum Gasteiger partial charge on any atom is 0.412 e. The van der Waals surface area contributed by atoms with Crippen LogP contribution in [0.5, 0.6) is 5.75 Å². The number of aromatic nitrogens is 3. The number of rotatable bonds is 5. The van der Waals surface area contributed by atoms with Gasteiger partial charge in [0.05, 0.1) is 37.1 Å². The Hall–Kier alpha value is -3.39. The Balaban J connectivity index is 0.00000107. The number of alkyl halides is 1. The zero-order valence-corrected chi connectivity index (χ0v) is 21.6. The van der Waals surface area contributed by atoms with Crippen LogP contribution in [-0.2, 0) is 4.74 Å². The van der Waals surface area contributed by atoms with E-state index in [9.17, 15) is 4.79 Å². The fraction of sp³-hybridized carbons (Fsp3) is 0.360. The maximum absolute atomic E-state index is 12.0. The summed E-state index contributed by atoms with van der Waals surface area (Å²) < 4.78 is 10.4. The van der Waals surface area contributed by atoms with Crippen molar-refractivity contribution in [1.82, 2.24) is 15.0 Å². The van der Waals surface area contributed by atoms with Gasteiger partial charge in [-0.25, -0.2) is 9.78 Å². The minimum atomic E-state index is -0.581. The van der Waals surface area contributed by atoms with Gasteiger partial charge in [-0.2, -0.15) is 0 Å². The minimum absolute atomic E-state index is 0.507. The van der Waals surface area contributed by atoms with Crippen molar-refractivity contribution >= 4 is 34.9 Å². The molecule has 0 fully saturated rings. The number of methoxy groups -OCH3 is 1. The molecule has 0 aliphatic carbocycles. The van der Waals surface area contributed by atoms with E-state index in [2.05, 4.69) is 25.6 Å². The molecule has 0 atom stereocenters. The van der Waals surface area contributed by atoms with E-state index < -0.39 is 11.7 Å². The number of pyridine rings is 1. The normalized spacial score (nSPS) is 10.0. The van der Waals surface area contributed by atoms with Crippen LogP contribution in [0.2, 0.25) is 0 Å². The molecule has 9 heteroatoms. The number of carbonyl (C=O) groups is 1. The molecule has 2 heterocycles. The van der Waals surface area contributed by atoms with E-state index in [1.807, 2.05) is 45.0 Å². The first-order chi connectivity index (χ1) is 16.2. The van der Waals surface area contributed by atoms with Gasteiger partial charge in [-0.05, 0) is 51.1 Å². The average Bonchev–Trinajstić information content (AvgIpc) is 2.80. The molecule has 0 aliphatic rings. The van der Waals surface area contributed by atoms with Crippen molar-refractivity contribution in [3.05, 3.63) is 55.1 Å². The van der Waals surface area contributed by atoms with Gasteiger partial charge in [0.15, 0.2) is 0 Å². The molecule has 0 saturated carbocycles. The van der Waals surface area contributed by atoms with E-state index in [1.54, 1.807) is 58.7 Å². The number of halogens is 1. The molecular weight excluding hydrogens is 454 g/mol. The number of anilines is 3. The molecule has 2 N–H and O–H groups in total. The topological polar surface area (TPSA) is 98.3 Å². The molecule has 0 aliphatic heterocycles. The number of benzene rings is 1. The highest BCUT2D eigenvalue weighted by Crippen LogP contribution is 2.23. The molecule has 184 valence electrons. The predicted octanol–water partition coefficient (Wildman–Crippen LogP) is 6.91. The van der Waals surface area contributed by atoms with E-state index in [1.165, 1.54) is 0 Å². The smallest absolute Gasteiger partial charge is 0.412 e. The fourth-order valence-corrected chi connectivity index (χ4v) is 2.46. The van der Waals surface area contributed by atoms with E-state index in [0.29, 0.717) is 22.8 Å². The largest absolute Gasteiger partial charge is 0.497 e. The summed E-state index contributed by atoms with van der Waals surface area (Å²) in [7, 11) is 1.62. The third-order valence-electron chi connectivity index (χ3n) is 3.68. The highest BCUT2D eigenvalue weighted by molar-refractivity contribution is 6.17. The van der Waals surface area contributed by atoms with E-state index in [-0.39, 0.29) is 0 Å². The Morgan fingerprint density at radius 2 is 1.62 bits per heavy atom. The number of carbonyl (C=O) groups excluding carboxylic acids is 1. The Bertz CT molecular complexity index is 1010. The molecule has 0 saturated heterocycles. The zero-order valence-electron chi connectivity index (χ0n) is 20.8. The summed E-state index contributed by atoms with van der Waals surface area (Å²) >= 11 is 5.00. The van der Waals surface area contributed by atoms with Crippen LogP contribution in [-0.4, -0.2) is 39.6 Å². The van der Waals surface area contributed by atoms with Gasteiger partial charge in [0.1, 0.15) is 17.2 Å². The lowest BCUT2D eigenvalue weighted by molar-refractivity contribution is 0.0636. The predicted molar refractivity (Wildman–Crippen MR) is 139 cm³/mol. The van der Waals surface area contributed by atoms with E-state index in [4.69, 9.17) is 21.1 Å².